The van der Waals surface area contributed by atoms with E-state index in [2.05, 4.69) is 11.0 Å². The van der Waals surface area contributed by atoms with Gasteiger partial charge in [0.2, 0.25) is 5.91 Å². The summed E-state index contributed by atoms with van der Waals surface area (Å²) in [6, 6.07) is 2.58. The van der Waals surface area contributed by atoms with E-state index in [-0.39, 0.29) is 5.91 Å². The molecule has 0 saturated carbocycles. The van der Waals surface area contributed by atoms with Gasteiger partial charge in [-0.3, -0.25) is 4.79 Å². The molecule has 16 heavy (non-hydrogen) atoms. The number of hydrogen-bond acceptors (Lipinski definition) is 3. The largest absolute Gasteiger partial charge is 0.359 e. The summed E-state index contributed by atoms with van der Waals surface area (Å²) in [5.41, 5.74) is 0.765. The predicted octanol–water partition coefficient (Wildman–Crippen LogP) is 1.11. The van der Waals surface area contributed by atoms with Gasteiger partial charge in [0, 0.05) is 32.1 Å². The molecule has 0 bridgehead atoms. The van der Waals surface area contributed by atoms with Crippen LogP contribution in [0.15, 0.2) is 11.8 Å². The lowest BCUT2D eigenvalue weighted by molar-refractivity contribution is -0.130. The van der Waals surface area contributed by atoms with Gasteiger partial charge in [0.1, 0.15) is 11.8 Å². The number of carbonyl (C=O) groups excluding carboxylic acids is 1. The van der Waals surface area contributed by atoms with Crippen LogP contribution >= 0.6 is 0 Å². The van der Waals surface area contributed by atoms with Crippen molar-refractivity contribution in [3.63, 3.8) is 0 Å². The predicted molar refractivity (Wildman–Crippen MR) is 60.3 cm³/mol. The van der Waals surface area contributed by atoms with Crippen LogP contribution in [-0.4, -0.2) is 41.4 Å². The number of rotatable bonds is 2. The van der Waals surface area contributed by atoms with Gasteiger partial charge in [-0.2, -0.15) is 5.26 Å². The van der Waals surface area contributed by atoms with Crippen molar-refractivity contribution in [1.29, 1.82) is 5.26 Å². The van der Waals surface area contributed by atoms with E-state index in [0.717, 1.165) is 38.2 Å². The zero-order valence-electron chi connectivity index (χ0n) is 9.65. The first-order chi connectivity index (χ1) is 7.76. The zero-order chi connectivity index (χ0) is 11.5. The van der Waals surface area contributed by atoms with Crippen LogP contribution in [0.5, 0.6) is 0 Å². The number of amides is 1. The summed E-state index contributed by atoms with van der Waals surface area (Å²) in [6.45, 7) is 4.42. The first-order valence-electron chi connectivity index (χ1n) is 5.91. The van der Waals surface area contributed by atoms with E-state index in [0.29, 0.717) is 12.5 Å². The molecular formula is C12H17N3O. The number of carbonyl (C=O) groups is 1. The summed E-state index contributed by atoms with van der Waals surface area (Å²) >= 11 is 0. The van der Waals surface area contributed by atoms with E-state index in [1.54, 1.807) is 0 Å². The number of nitrogens with zero attached hydrogens (tertiary/aromatic N) is 3. The minimum absolute atomic E-state index is 0.280. The molecule has 2 heterocycles. The molecule has 2 rings (SSSR count). The molecule has 0 spiro atoms. The highest BCUT2D eigenvalue weighted by atomic mass is 16.2. The second kappa shape index (κ2) is 4.56. The van der Waals surface area contributed by atoms with Gasteiger partial charge in [-0.1, -0.05) is 13.0 Å². The van der Waals surface area contributed by atoms with E-state index in [1.807, 2.05) is 17.9 Å². The summed E-state index contributed by atoms with van der Waals surface area (Å²) in [4.78, 5) is 15.6. The average molecular weight is 219 g/mol. The fourth-order valence-corrected chi connectivity index (χ4v) is 2.52. The number of allylic oxidation sites excluding steroid dienone is 2. The van der Waals surface area contributed by atoms with Crippen LogP contribution in [0.2, 0.25) is 0 Å². The Morgan fingerprint density at radius 2 is 2.44 bits per heavy atom. The van der Waals surface area contributed by atoms with Crippen LogP contribution in [0.3, 0.4) is 0 Å². The second-order valence-electron chi connectivity index (χ2n) is 4.34. The van der Waals surface area contributed by atoms with Crippen molar-refractivity contribution in [3.8, 4) is 6.07 Å². The van der Waals surface area contributed by atoms with E-state index >= 15 is 0 Å². The molecule has 4 nitrogen and oxygen atoms in total. The topological polar surface area (TPSA) is 47.3 Å². The lowest BCUT2D eigenvalue weighted by Crippen LogP contribution is -2.50. The third-order valence-corrected chi connectivity index (χ3v) is 3.35. The standard InChI is InChI=1S/C12H17N3O/c1-2-3-10(8-13)14-6-7-15-11(9-14)4-5-12(15)16/h3,11H,2,4-7,9H2,1H3/t11-/m0/s1. The van der Waals surface area contributed by atoms with Gasteiger partial charge in [0.05, 0.1) is 0 Å². The van der Waals surface area contributed by atoms with E-state index in [4.69, 9.17) is 5.26 Å². The summed E-state index contributed by atoms with van der Waals surface area (Å²) < 4.78 is 0. The molecule has 2 saturated heterocycles. The van der Waals surface area contributed by atoms with Gasteiger partial charge < -0.3 is 9.80 Å². The lowest BCUT2D eigenvalue weighted by Gasteiger charge is -2.38. The van der Waals surface area contributed by atoms with Gasteiger partial charge >= 0.3 is 0 Å². The molecule has 2 fully saturated rings. The Morgan fingerprint density at radius 3 is 3.12 bits per heavy atom. The molecule has 2 aliphatic heterocycles. The Labute approximate surface area is 96.1 Å². The molecule has 0 N–H and O–H groups in total. The van der Waals surface area contributed by atoms with Crippen LogP contribution in [0, 0.1) is 11.3 Å². The first-order valence-corrected chi connectivity index (χ1v) is 5.91. The minimum Gasteiger partial charge on any atom is -0.359 e. The van der Waals surface area contributed by atoms with Crippen molar-refractivity contribution in [2.75, 3.05) is 19.6 Å². The highest BCUT2D eigenvalue weighted by molar-refractivity contribution is 5.79. The molecule has 0 aromatic carbocycles. The molecule has 0 unspecified atom stereocenters. The Morgan fingerprint density at radius 1 is 1.62 bits per heavy atom. The third kappa shape index (κ3) is 1.90. The second-order valence-corrected chi connectivity index (χ2v) is 4.34. The molecule has 2 aliphatic rings. The maximum absolute atomic E-state index is 11.5. The summed E-state index contributed by atoms with van der Waals surface area (Å²) in [7, 11) is 0. The highest BCUT2D eigenvalue weighted by Crippen LogP contribution is 2.24. The molecule has 0 aliphatic carbocycles. The molecule has 1 amide bonds. The smallest absolute Gasteiger partial charge is 0.223 e. The lowest BCUT2D eigenvalue weighted by atomic mass is 10.1. The molecule has 1 atom stereocenters. The van der Waals surface area contributed by atoms with Gasteiger partial charge in [0.15, 0.2) is 0 Å². The van der Waals surface area contributed by atoms with Gasteiger partial charge in [-0.15, -0.1) is 0 Å². The van der Waals surface area contributed by atoms with Gasteiger partial charge in [-0.05, 0) is 12.8 Å². The molecular weight excluding hydrogens is 202 g/mol. The Kier molecular flexibility index (Phi) is 3.14. The van der Waals surface area contributed by atoms with E-state index in [1.165, 1.54) is 0 Å². The van der Waals surface area contributed by atoms with E-state index in [9.17, 15) is 4.79 Å². The van der Waals surface area contributed by atoms with Crippen molar-refractivity contribution < 1.29 is 4.79 Å². The first kappa shape index (κ1) is 11.0. The van der Waals surface area contributed by atoms with Crippen molar-refractivity contribution in [2.24, 2.45) is 0 Å². The molecule has 0 aromatic rings. The molecule has 0 aromatic heterocycles. The average Bonchev–Trinajstić information content (AvgIpc) is 2.67. The quantitative estimate of drug-likeness (QED) is 0.654. The number of fused-ring (bicyclic) bond motifs is 1. The molecule has 4 heteroatoms. The molecule has 0 radical (unpaired) electrons. The maximum Gasteiger partial charge on any atom is 0.223 e. The maximum atomic E-state index is 11.5. The van der Waals surface area contributed by atoms with Crippen molar-refractivity contribution >= 4 is 5.91 Å². The van der Waals surface area contributed by atoms with Gasteiger partial charge in [0.25, 0.3) is 0 Å². The SMILES string of the molecule is CCC=C(C#N)N1CCN2C(=O)CC[C@H]2C1. The summed E-state index contributed by atoms with van der Waals surface area (Å²) in [5.74, 6) is 0.280. The summed E-state index contributed by atoms with van der Waals surface area (Å²) in [5, 5.41) is 9.06. The highest BCUT2D eigenvalue weighted by Gasteiger charge is 2.35. The Bertz CT molecular complexity index is 356. The summed E-state index contributed by atoms with van der Waals surface area (Å²) in [6.07, 6.45) is 4.47. The normalized spacial score (nSPS) is 25.6. The van der Waals surface area contributed by atoms with Crippen LogP contribution in [-0.2, 0) is 4.79 Å². The number of piperazine rings is 1. The molecule has 86 valence electrons. The third-order valence-electron chi connectivity index (χ3n) is 3.35. The number of hydrogen-bond donors (Lipinski definition) is 0. The van der Waals surface area contributed by atoms with Crippen LogP contribution in [0.1, 0.15) is 26.2 Å². The van der Waals surface area contributed by atoms with E-state index < -0.39 is 0 Å². The van der Waals surface area contributed by atoms with Gasteiger partial charge in [-0.25, -0.2) is 0 Å². The Balaban J connectivity index is 2.04. The zero-order valence-corrected chi connectivity index (χ0v) is 9.65. The van der Waals surface area contributed by atoms with Crippen LogP contribution in [0.25, 0.3) is 0 Å². The van der Waals surface area contributed by atoms with Crippen molar-refractivity contribution in [2.45, 2.75) is 32.2 Å². The number of nitriles is 1. The van der Waals surface area contributed by atoms with Crippen LogP contribution < -0.4 is 0 Å². The Hall–Kier alpha value is -1.50. The van der Waals surface area contributed by atoms with Crippen LogP contribution in [0.4, 0.5) is 0 Å². The monoisotopic (exact) mass is 219 g/mol. The fraction of sp³-hybridized carbons (Fsp3) is 0.667. The van der Waals surface area contributed by atoms with Crippen molar-refractivity contribution in [3.05, 3.63) is 11.8 Å². The minimum atomic E-state index is 0.280. The van der Waals surface area contributed by atoms with Crippen molar-refractivity contribution in [1.82, 2.24) is 9.80 Å². The fourth-order valence-electron chi connectivity index (χ4n) is 2.52.